The Labute approximate surface area is 187 Å². The smallest absolute Gasteiger partial charge is 0.253 e. The van der Waals surface area contributed by atoms with Crippen LogP contribution in [0.1, 0.15) is 18.1 Å². The van der Waals surface area contributed by atoms with Gasteiger partial charge >= 0.3 is 0 Å². The number of aliphatic hydroxyl groups is 1. The fraction of sp³-hybridized carbons (Fsp3) is 0.318. The molecule has 2 aromatic carbocycles. The number of methoxy groups -OCH3 is 4. The van der Waals surface area contributed by atoms with Crippen molar-refractivity contribution in [3.63, 3.8) is 0 Å². The summed E-state index contributed by atoms with van der Waals surface area (Å²) in [5.74, 6) is 0.653. The molecule has 0 aromatic heterocycles. The van der Waals surface area contributed by atoms with Crippen LogP contribution in [-0.2, 0) is 20.4 Å². The Bertz CT molecular complexity index is 1070. The Morgan fingerprint density at radius 1 is 1.00 bits per heavy atom. The number of carbonyl (C=O) groups excluding carboxylic acids is 1. The number of hydrogen-bond donors (Lipinski definition) is 2. The largest absolute Gasteiger partial charge is 0.496 e. The quantitative estimate of drug-likeness (QED) is 0.549. The zero-order chi connectivity index (χ0) is 23.9. The molecular weight excluding hydrogens is 438 g/mol. The highest BCUT2D eigenvalue weighted by atomic mass is 32.2. The number of rotatable bonds is 10. The molecule has 0 heterocycles. The van der Waals surface area contributed by atoms with Gasteiger partial charge in [0.1, 0.15) is 29.1 Å². The van der Waals surface area contributed by atoms with Gasteiger partial charge in [-0.1, -0.05) is 6.07 Å². The van der Waals surface area contributed by atoms with Gasteiger partial charge in [0.05, 0.1) is 45.4 Å². The maximum atomic E-state index is 12.7. The second kappa shape index (κ2) is 10.9. The average Bonchev–Trinajstić information content (AvgIpc) is 2.76. The summed E-state index contributed by atoms with van der Waals surface area (Å²) < 4.78 is 46.5. The van der Waals surface area contributed by atoms with Gasteiger partial charge in [-0.3, -0.25) is 4.79 Å². The minimum atomic E-state index is -3.71. The third kappa shape index (κ3) is 6.38. The topological polar surface area (TPSA) is 120 Å². The highest BCUT2D eigenvalue weighted by molar-refractivity contribution is 7.93. The molecule has 2 aromatic rings. The number of aliphatic hydroxyl groups excluding tert-OH is 1. The number of nitrogens with one attached hydrogen (secondary N) is 1. The van der Waals surface area contributed by atoms with Gasteiger partial charge in [-0.25, -0.2) is 8.42 Å². The molecule has 0 fully saturated rings. The van der Waals surface area contributed by atoms with E-state index in [1.54, 1.807) is 24.3 Å². The zero-order valence-corrected chi connectivity index (χ0v) is 19.4. The lowest BCUT2D eigenvalue weighted by Crippen LogP contribution is -2.24. The molecule has 0 aliphatic rings. The van der Waals surface area contributed by atoms with Crippen LogP contribution in [0.3, 0.4) is 0 Å². The van der Waals surface area contributed by atoms with Gasteiger partial charge in [0, 0.05) is 17.5 Å². The molecule has 10 heteroatoms. The molecule has 2 rings (SSSR count). The van der Waals surface area contributed by atoms with E-state index in [1.165, 1.54) is 47.5 Å². The molecule has 0 saturated carbocycles. The molecule has 0 aliphatic carbocycles. The first-order valence-electron chi connectivity index (χ1n) is 9.50. The third-order valence-electron chi connectivity index (χ3n) is 4.46. The highest BCUT2D eigenvalue weighted by Crippen LogP contribution is 2.35. The van der Waals surface area contributed by atoms with Crippen LogP contribution in [0.15, 0.2) is 35.7 Å². The van der Waals surface area contributed by atoms with E-state index in [0.717, 1.165) is 5.41 Å². The molecule has 0 spiro atoms. The van der Waals surface area contributed by atoms with E-state index in [2.05, 4.69) is 5.32 Å². The molecule has 1 amide bonds. The Morgan fingerprint density at radius 2 is 1.59 bits per heavy atom. The average molecular weight is 466 g/mol. The van der Waals surface area contributed by atoms with Crippen molar-refractivity contribution < 1.29 is 37.3 Å². The number of anilines is 1. The van der Waals surface area contributed by atoms with E-state index in [9.17, 15) is 18.3 Å². The molecule has 174 valence electrons. The number of carbonyl (C=O) groups is 1. The first-order valence-corrected chi connectivity index (χ1v) is 11.2. The lowest BCUT2D eigenvalue weighted by atomic mass is 10.1. The lowest BCUT2D eigenvalue weighted by Gasteiger charge is -2.13. The molecule has 2 N–H and O–H groups in total. The predicted molar refractivity (Wildman–Crippen MR) is 121 cm³/mol. The molecule has 0 aliphatic heterocycles. The van der Waals surface area contributed by atoms with Gasteiger partial charge < -0.3 is 29.4 Å². The summed E-state index contributed by atoms with van der Waals surface area (Å²) in [6.45, 7) is 1.32. The first kappa shape index (κ1) is 25.0. The van der Waals surface area contributed by atoms with Crippen molar-refractivity contribution in [1.82, 2.24) is 0 Å². The van der Waals surface area contributed by atoms with Crippen LogP contribution in [-0.4, -0.2) is 54.0 Å². The van der Waals surface area contributed by atoms with Crippen LogP contribution in [0.5, 0.6) is 23.0 Å². The molecule has 0 radical (unpaired) electrons. The number of sulfone groups is 1. The van der Waals surface area contributed by atoms with Gasteiger partial charge in [0.2, 0.25) is 0 Å². The summed E-state index contributed by atoms with van der Waals surface area (Å²) >= 11 is 0. The molecule has 0 saturated heterocycles. The van der Waals surface area contributed by atoms with Gasteiger partial charge in [-0.05, 0) is 30.7 Å². The van der Waals surface area contributed by atoms with Gasteiger partial charge in [0.15, 0.2) is 9.84 Å². The molecule has 32 heavy (non-hydrogen) atoms. The van der Waals surface area contributed by atoms with Crippen molar-refractivity contribution in [2.75, 3.05) is 33.8 Å². The highest BCUT2D eigenvalue weighted by Gasteiger charge is 2.16. The Kier molecular flexibility index (Phi) is 8.50. The Balaban J connectivity index is 2.33. The Hall–Kier alpha value is -3.24. The van der Waals surface area contributed by atoms with E-state index >= 15 is 0 Å². The normalized spacial score (nSPS) is 12.3. The van der Waals surface area contributed by atoms with Crippen LogP contribution in [0.4, 0.5) is 5.69 Å². The maximum Gasteiger partial charge on any atom is 0.253 e. The van der Waals surface area contributed by atoms with Gasteiger partial charge in [-0.15, -0.1) is 0 Å². The van der Waals surface area contributed by atoms with Gasteiger partial charge in [-0.2, -0.15) is 0 Å². The summed E-state index contributed by atoms with van der Waals surface area (Å²) in [4.78, 5) is 11.8. The fourth-order valence-electron chi connectivity index (χ4n) is 2.83. The second-order valence-corrected chi connectivity index (χ2v) is 8.64. The second-order valence-electron chi connectivity index (χ2n) is 6.76. The van der Waals surface area contributed by atoms with Crippen LogP contribution in [0.2, 0.25) is 0 Å². The fourth-order valence-corrected chi connectivity index (χ4v) is 3.91. The predicted octanol–water partition coefficient (Wildman–Crippen LogP) is 2.63. The monoisotopic (exact) mass is 465 g/mol. The van der Waals surface area contributed by atoms with Crippen molar-refractivity contribution in [1.29, 1.82) is 0 Å². The molecular formula is C22H27NO8S. The zero-order valence-electron chi connectivity index (χ0n) is 18.5. The summed E-state index contributed by atoms with van der Waals surface area (Å²) in [5.41, 5.74) is 1.12. The summed E-state index contributed by atoms with van der Waals surface area (Å²) in [5, 5.41) is 13.0. The Morgan fingerprint density at radius 3 is 2.09 bits per heavy atom. The van der Waals surface area contributed by atoms with Crippen molar-refractivity contribution in [2.45, 2.75) is 18.8 Å². The number of benzene rings is 2. The van der Waals surface area contributed by atoms with Crippen LogP contribution in [0.25, 0.3) is 6.08 Å². The minimum Gasteiger partial charge on any atom is -0.496 e. The number of amides is 1. The summed E-state index contributed by atoms with van der Waals surface area (Å²) in [6, 6.07) is 7.85. The maximum absolute atomic E-state index is 12.7. The molecule has 1 unspecified atom stereocenters. The first-order chi connectivity index (χ1) is 15.1. The molecule has 9 nitrogen and oxygen atoms in total. The lowest BCUT2D eigenvalue weighted by molar-refractivity contribution is -0.123. The molecule has 1 atom stereocenters. The molecule has 0 bridgehead atoms. The van der Waals surface area contributed by atoms with E-state index in [1.807, 2.05) is 0 Å². The van der Waals surface area contributed by atoms with Crippen LogP contribution in [0, 0.1) is 0 Å². The van der Waals surface area contributed by atoms with E-state index < -0.39 is 21.8 Å². The minimum absolute atomic E-state index is 0.258. The third-order valence-corrected chi connectivity index (χ3v) is 5.75. The summed E-state index contributed by atoms with van der Waals surface area (Å²) in [6.07, 6.45) is 0.163. The van der Waals surface area contributed by atoms with E-state index in [0.29, 0.717) is 34.1 Å². The van der Waals surface area contributed by atoms with E-state index in [4.69, 9.17) is 18.9 Å². The number of hydrogen-bond acceptors (Lipinski definition) is 8. The SMILES string of the molecule is COc1cc(OC)c(/C=C\S(=O)(=O)Cc2ccc(OC)c(NC(=O)C(C)O)c2)c(OC)c1. The van der Waals surface area contributed by atoms with Gasteiger partial charge in [0.25, 0.3) is 5.91 Å². The van der Waals surface area contributed by atoms with Crippen molar-refractivity contribution in [3.8, 4) is 23.0 Å². The van der Waals surface area contributed by atoms with Crippen molar-refractivity contribution in [3.05, 3.63) is 46.9 Å². The standard InChI is InChI=1S/C22H27NO8S/c1-14(24)22(25)23-18-10-15(6-7-19(18)29-3)13-32(26,27)9-8-17-20(30-4)11-16(28-2)12-21(17)31-5/h6-12,14,24H,13H2,1-5H3,(H,23,25)/b9-8-. The van der Waals surface area contributed by atoms with Crippen molar-refractivity contribution in [2.24, 2.45) is 0 Å². The number of ether oxygens (including phenoxy) is 4. The van der Waals surface area contributed by atoms with Crippen LogP contribution >= 0.6 is 0 Å². The van der Waals surface area contributed by atoms with Crippen molar-refractivity contribution >= 4 is 27.5 Å². The van der Waals surface area contributed by atoms with Crippen LogP contribution < -0.4 is 24.3 Å². The van der Waals surface area contributed by atoms with E-state index in [-0.39, 0.29) is 11.4 Å². The summed E-state index contributed by atoms with van der Waals surface area (Å²) in [7, 11) is 2.13.